The summed E-state index contributed by atoms with van der Waals surface area (Å²) in [6, 6.07) is 0. The maximum absolute atomic E-state index is 5.02. The maximum atomic E-state index is 5.02. The van der Waals surface area contributed by atoms with Crippen molar-refractivity contribution in [3.63, 3.8) is 0 Å². The van der Waals surface area contributed by atoms with Gasteiger partial charge in [0.25, 0.3) is 0 Å². The SMILES string of the molecule is [CH2]CCC.[Cl][Hf]([Cl])[Cl]. The molecule has 0 bridgehead atoms. The molecule has 0 saturated carbocycles. The summed E-state index contributed by atoms with van der Waals surface area (Å²) in [5.74, 6) is 0. The molecule has 4 heteroatoms. The van der Waals surface area contributed by atoms with Crippen LogP contribution in [0.3, 0.4) is 0 Å². The Balaban J connectivity index is 0. The molecule has 0 aromatic carbocycles. The van der Waals surface area contributed by atoms with Crippen LogP contribution in [0.5, 0.6) is 0 Å². The zero-order valence-corrected chi connectivity index (χ0v) is 10.6. The van der Waals surface area contributed by atoms with E-state index in [1.165, 1.54) is 6.42 Å². The zero-order chi connectivity index (χ0) is 6.99. The number of halogens is 3. The quantitative estimate of drug-likeness (QED) is 0.638. The predicted molar refractivity (Wildman–Crippen MR) is 37.8 cm³/mol. The van der Waals surface area contributed by atoms with Crippen molar-refractivity contribution in [2.24, 2.45) is 0 Å². The second-order valence-corrected chi connectivity index (χ2v) is 16.6. The first-order valence-corrected chi connectivity index (χ1v) is 15.6. The van der Waals surface area contributed by atoms with Crippen LogP contribution in [0, 0.1) is 6.92 Å². The van der Waals surface area contributed by atoms with Gasteiger partial charge in [-0.3, -0.25) is 0 Å². The standard InChI is InChI=1S/C4H9.3ClH.Hf/c1-3-4-2;;;;/h1,3-4H2,2H3;3*1H;/q;;;;+3/p-3. The molecule has 0 aliphatic rings. The van der Waals surface area contributed by atoms with E-state index in [-0.39, 0.29) is 0 Å². The Morgan fingerprint density at radius 2 is 1.50 bits per heavy atom. The third kappa shape index (κ3) is 46.8. The molecule has 0 aliphatic heterocycles. The summed E-state index contributed by atoms with van der Waals surface area (Å²) in [5.41, 5.74) is 0. The van der Waals surface area contributed by atoms with Crippen molar-refractivity contribution < 1.29 is 17.9 Å². The van der Waals surface area contributed by atoms with Gasteiger partial charge >= 0.3 is 43.6 Å². The van der Waals surface area contributed by atoms with Crippen molar-refractivity contribution in [1.29, 1.82) is 0 Å². The molecule has 0 spiro atoms. The minimum absolute atomic E-state index is 1.07. The van der Waals surface area contributed by atoms with E-state index in [1.807, 2.05) is 0 Å². The zero-order valence-electron chi connectivity index (χ0n) is 4.76. The van der Waals surface area contributed by atoms with Crippen LogP contribution in [-0.4, -0.2) is 0 Å². The Labute approximate surface area is 69.8 Å². The van der Waals surface area contributed by atoms with E-state index >= 15 is 0 Å². The molecule has 0 unspecified atom stereocenters. The fourth-order valence-electron chi connectivity index (χ4n) is 0. The molecule has 0 nitrogen and oxygen atoms in total. The summed E-state index contributed by atoms with van der Waals surface area (Å²) >= 11 is -2.24. The van der Waals surface area contributed by atoms with Crippen LogP contribution in [-0.2, 0) is 17.9 Å². The predicted octanol–water partition coefficient (Wildman–Crippen LogP) is 3.69. The van der Waals surface area contributed by atoms with Gasteiger partial charge in [0.1, 0.15) is 0 Å². The minimum atomic E-state index is -2.24. The van der Waals surface area contributed by atoms with Gasteiger partial charge in [0.2, 0.25) is 0 Å². The number of hydrogen-bond acceptors (Lipinski definition) is 0. The van der Waals surface area contributed by atoms with Crippen LogP contribution in [0.25, 0.3) is 0 Å². The van der Waals surface area contributed by atoms with E-state index < -0.39 is 17.9 Å². The van der Waals surface area contributed by atoms with Gasteiger partial charge in [-0.1, -0.05) is 26.7 Å². The molecule has 0 aliphatic carbocycles. The summed E-state index contributed by atoms with van der Waals surface area (Å²) in [7, 11) is 15.1. The first-order chi connectivity index (χ1) is 3.65. The van der Waals surface area contributed by atoms with Crippen LogP contribution in [0.1, 0.15) is 19.8 Å². The molecule has 0 aromatic rings. The topological polar surface area (TPSA) is 0 Å². The van der Waals surface area contributed by atoms with Gasteiger partial charge in [0, 0.05) is 0 Å². The van der Waals surface area contributed by atoms with Crippen LogP contribution in [0.2, 0.25) is 0 Å². The van der Waals surface area contributed by atoms with Gasteiger partial charge in [0.05, 0.1) is 0 Å². The van der Waals surface area contributed by atoms with E-state index in [2.05, 4.69) is 13.8 Å². The second kappa shape index (κ2) is 11.5. The summed E-state index contributed by atoms with van der Waals surface area (Å²) in [5, 5.41) is 0. The van der Waals surface area contributed by atoms with Gasteiger partial charge in [-0.15, -0.1) is 0 Å². The fourth-order valence-corrected chi connectivity index (χ4v) is 0. The molecular formula is C4H9Cl3Hf. The van der Waals surface area contributed by atoms with Crippen LogP contribution >= 0.6 is 25.7 Å². The van der Waals surface area contributed by atoms with E-state index in [9.17, 15) is 0 Å². The molecule has 0 N–H and O–H groups in total. The average Bonchev–Trinajstić information content (AvgIpc) is 1.65. The van der Waals surface area contributed by atoms with E-state index in [0.717, 1.165) is 6.42 Å². The number of unbranched alkanes of at least 4 members (excludes halogenated alkanes) is 1. The Kier molecular flexibility index (Phi) is 17.9. The Hall–Kier alpha value is 1.74. The summed E-state index contributed by atoms with van der Waals surface area (Å²) in [6.07, 6.45) is 2.28. The molecule has 0 aromatic heterocycles. The van der Waals surface area contributed by atoms with E-state index in [0.29, 0.717) is 0 Å². The Bertz CT molecular complexity index is 27.7. The second-order valence-electron chi connectivity index (χ2n) is 1.07. The van der Waals surface area contributed by atoms with Crippen molar-refractivity contribution >= 4 is 25.7 Å². The number of rotatable bonds is 1. The Morgan fingerprint density at radius 1 is 1.38 bits per heavy atom. The first-order valence-electron chi connectivity index (χ1n) is 2.27. The molecule has 0 atom stereocenters. The molecule has 1 radical (unpaired) electrons. The van der Waals surface area contributed by atoms with Crippen molar-refractivity contribution in [3.05, 3.63) is 6.92 Å². The molecule has 0 fully saturated rings. The Morgan fingerprint density at radius 3 is 1.50 bits per heavy atom. The summed E-state index contributed by atoms with van der Waals surface area (Å²) < 4.78 is 0. The van der Waals surface area contributed by atoms with Gasteiger partial charge < -0.3 is 0 Å². The normalized spacial score (nSPS) is 7.12. The van der Waals surface area contributed by atoms with Gasteiger partial charge in [-0.25, -0.2) is 0 Å². The molecule has 50 valence electrons. The van der Waals surface area contributed by atoms with Gasteiger partial charge in [-0.05, 0) is 0 Å². The first kappa shape index (κ1) is 12.4. The van der Waals surface area contributed by atoms with Crippen LogP contribution < -0.4 is 0 Å². The summed E-state index contributed by atoms with van der Waals surface area (Å²) in [6.45, 7) is 5.72. The third-order valence-corrected chi connectivity index (χ3v) is 0.354. The van der Waals surface area contributed by atoms with Gasteiger partial charge in [-0.2, -0.15) is 0 Å². The molecule has 0 amide bonds. The fraction of sp³-hybridized carbons (Fsp3) is 0.750. The van der Waals surface area contributed by atoms with Crippen molar-refractivity contribution in [3.8, 4) is 0 Å². The molecule has 0 rings (SSSR count). The molecular weight excluding hydrogens is 333 g/mol. The molecule has 0 saturated heterocycles. The molecule has 0 heterocycles. The van der Waals surface area contributed by atoms with E-state index in [4.69, 9.17) is 25.7 Å². The third-order valence-electron chi connectivity index (χ3n) is 0.354. The van der Waals surface area contributed by atoms with Crippen molar-refractivity contribution in [1.82, 2.24) is 0 Å². The van der Waals surface area contributed by atoms with Gasteiger partial charge in [0.15, 0.2) is 0 Å². The monoisotopic (exact) mass is 342 g/mol. The van der Waals surface area contributed by atoms with Crippen LogP contribution in [0.4, 0.5) is 0 Å². The van der Waals surface area contributed by atoms with Crippen molar-refractivity contribution in [2.75, 3.05) is 0 Å². The average molecular weight is 342 g/mol. The van der Waals surface area contributed by atoms with Crippen molar-refractivity contribution in [2.45, 2.75) is 19.8 Å². The number of hydrogen-bond donors (Lipinski definition) is 0. The molecule has 8 heavy (non-hydrogen) atoms. The van der Waals surface area contributed by atoms with Crippen LogP contribution in [0.15, 0.2) is 0 Å². The van der Waals surface area contributed by atoms with E-state index in [1.54, 1.807) is 0 Å². The summed E-state index contributed by atoms with van der Waals surface area (Å²) in [4.78, 5) is 0.